The molecule has 0 spiro atoms. The fourth-order valence-corrected chi connectivity index (χ4v) is 2.84. The molecule has 1 unspecified atom stereocenters. The van der Waals surface area contributed by atoms with E-state index in [-0.39, 0.29) is 11.9 Å². The van der Waals surface area contributed by atoms with Gasteiger partial charge in [0.2, 0.25) is 0 Å². The van der Waals surface area contributed by atoms with Crippen molar-refractivity contribution in [3.63, 3.8) is 0 Å². The largest absolute Gasteiger partial charge is 0.349 e. The van der Waals surface area contributed by atoms with Crippen LogP contribution in [0.2, 0.25) is 0 Å². The molecule has 0 aromatic carbocycles. The van der Waals surface area contributed by atoms with Gasteiger partial charge in [0.1, 0.15) is 0 Å². The van der Waals surface area contributed by atoms with Gasteiger partial charge in [-0.1, -0.05) is 13.8 Å². The highest BCUT2D eigenvalue weighted by atomic mass is 79.9. The van der Waals surface area contributed by atoms with Gasteiger partial charge in [0.05, 0.1) is 8.66 Å². The number of carbonyl (C=O) groups is 1. The molecule has 1 aromatic rings. The first-order chi connectivity index (χ1) is 6.91. The molecule has 0 saturated heterocycles. The molecular weight excluding hydrogens is 342 g/mol. The number of carbonyl (C=O) groups excluding carboxylic acids is 1. The molecule has 15 heavy (non-hydrogen) atoms. The van der Waals surface area contributed by atoms with E-state index in [0.29, 0.717) is 5.92 Å². The summed E-state index contributed by atoms with van der Waals surface area (Å²) in [6, 6.07) is 2.02. The van der Waals surface area contributed by atoms with E-state index in [4.69, 9.17) is 0 Å². The predicted molar refractivity (Wildman–Crippen MR) is 71.5 cm³/mol. The molecule has 1 heterocycles. The standard InChI is InChI=1S/C10H13Br2NOS/c1-5(2)6(3)13-10(14)8-4-7(11)9(12)15-8/h4-6H,1-3H3,(H,13,14). The lowest BCUT2D eigenvalue weighted by Gasteiger charge is -2.16. The summed E-state index contributed by atoms with van der Waals surface area (Å²) in [7, 11) is 0. The van der Waals surface area contributed by atoms with E-state index < -0.39 is 0 Å². The number of nitrogens with one attached hydrogen (secondary N) is 1. The zero-order valence-electron chi connectivity index (χ0n) is 8.80. The molecule has 1 N–H and O–H groups in total. The summed E-state index contributed by atoms with van der Waals surface area (Å²) in [5.41, 5.74) is 0. The molecule has 1 rings (SSSR count). The fourth-order valence-electron chi connectivity index (χ4n) is 0.903. The van der Waals surface area contributed by atoms with Crippen LogP contribution < -0.4 is 5.32 Å². The van der Waals surface area contributed by atoms with E-state index in [1.54, 1.807) is 0 Å². The maximum absolute atomic E-state index is 11.8. The minimum absolute atomic E-state index is 0.00685. The van der Waals surface area contributed by atoms with Crippen LogP contribution in [-0.2, 0) is 0 Å². The maximum atomic E-state index is 11.8. The van der Waals surface area contributed by atoms with Crippen LogP contribution in [0.15, 0.2) is 14.3 Å². The molecule has 2 nitrogen and oxygen atoms in total. The first-order valence-corrected chi connectivity index (χ1v) is 7.07. The van der Waals surface area contributed by atoms with Gasteiger partial charge in [0, 0.05) is 10.5 Å². The molecule has 0 aliphatic heterocycles. The Morgan fingerprint density at radius 2 is 2.00 bits per heavy atom. The van der Waals surface area contributed by atoms with Crippen molar-refractivity contribution in [3.05, 3.63) is 19.2 Å². The highest BCUT2D eigenvalue weighted by Crippen LogP contribution is 2.32. The lowest BCUT2D eigenvalue weighted by atomic mass is 10.1. The second-order valence-electron chi connectivity index (χ2n) is 3.74. The van der Waals surface area contributed by atoms with E-state index in [9.17, 15) is 4.79 Å². The van der Waals surface area contributed by atoms with E-state index in [1.165, 1.54) is 11.3 Å². The van der Waals surface area contributed by atoms with Crippen LogP contribution in [0.4, 0.5) is 0 Å². The molecule has 0 fully saturated rings. The Bertz CT molecular complexity index is 343. The van der Waals surface area contributed by atoms with Crippen molar-refractivity contribution < 1.29 is 4.79 Å². The number of hydrogen-bond donors (Lipinski definition) is 1. The van der Waals surface area contributed by atoms with Crippen LogP contribution in [0.5, 0.6) is 0 Å². The van der Waals surface area contributed by atoms with Crippen LogP contribution in [0, 0.1) is 5.92 Å². The van der Waals surface area contributed by atoms with Gasteiger partial charge < -0.3 is 5.32 Å². The third-order valence-corrected chi connectivity index (χ3v) is 5.48. The van der Waals surface area contributed by atoms with Crippen LogP contribution in [0.1, 0.15) is 30.4 Å². The Morgan fingerprint density at radius 3 is 2.40 bits per heavy atom. The Balaban J connectivity index is 2.69. The van der Waals surface area contributed by atoms with Crippen molar-refractivity contribution in [1.29, 1.82) is 0 Å². The van der Waals surface area contributed by atoms with Gasteiger partial charge in [-0.15, -0.1) is 11.3 Å². The van der Waals surface area contributed by atoms with E-state index in [2.05, 4.69) is 51.0 Å². The minimum atomic E-state index is -0.00685. The predicted octanol–water partition coefficient (Wildman–Crippen LogP) is 4.05. The van der Waals surface area contributed by atoms with Crippen molar-refractivity contribution >= 4 is 49.1 Å². The molecule has 84 valence electrons. The van der Waals surface area contributed by atoms with Gasteiger partial charge in [-0.25, -0.2) is 0 Å². The first-order valence-electron chi connectivity index (χ1n) is 4.67. The van der Waals surface area contributed by atoms with Crippen LogP contribution >= 0.6 is 43.2 Å². The summed E-state index contributed by atoms with van der Waals surface area (Å²) in [5.74, 6) is 0.438. The van der Waals surface area contributed by atoms with Crippen molar-refractivity contribution in [3.8, 4) is 0 Å². The Labute approximate surface area is 111 Å². The van der Waals surface area contributed by atoms with Gasteiger partial charge in [-0.05, 0) is 50.8 Å². The second kappa shape index (κ2) is 5.46. The zero-order chi connectivity index (χ0) is 11.6. The minimum Gasteiger partial charge on any atom is -0.349 e. The smallest absolute Gasteiger partial charge is 0.261 e. The molecule has 0 radical (unpaired) electrons. The van der Waals surface area contributed by atoms with E-state index in [0.717, 1.165) is 13.1 Å². The number of amides is 1. The first kappa shape index (κ1) is 13.2. The lowest BCUT2D eigenvalue weighted by Crippen LogP contribution is -2.35. The average Bonchev–Trinajstić information content (AvgIpc) is 2.46. The molecule has 1 amide bonds. The topological polar surface area (TPSA) is 29.1 Å². The summed E-state index contributed by atoms with van der Waals surface area (Å²) in [4.78, 5) is 12.5. The third kappa shape index (κ3) is 3.57. The average molecular weight is 355 g/mol. The van der Waals surface area contributed by atoms with Gasteiger partial charge in [-0.2, -0.15) is 0 Å². The van der Waals surface area contributed by atoms with Crippen molar-refractivity contribution in [2.75, 3.05) is 0 Å². The lowest BCUT2D eigenvalue weighted by molar-refractivity contribution is 0.0934. The Morgan fingerprint density at radius 1 is 1.40 bits per heavy atom. The highest BCUT2D eigenvalue weighted by molar-refractivity contribution is 9.13. The van der Waals surface area contributed by atoms with Crippen LogP contribution in [-0.4, -0.2) is 11.9 Å². The van der Waals surface area contributed by atoms with Crippen molar-refractivity contribution in [1.82, 2.24) is 5.32 Å². The number of halogens is 2. The molecule has 5 heteroatoms. The van der Waals surface area contributed by atoms with Gasteiger partial charge in [0.15, 0.2) is 0 Å². The van der Waals surface area contributed by atoms with E-state index in [1.807, 2.05) is 13.0 Å². The SMILES string of the molecule is CC(C)C(C)NC(=O)c1cc(Br)c(Br)s1. The van der Waals surface area contributed by atoms with Crippen molar-refractivity contribution in [2.24, 2.45) is 5.92 Å². The number of hydrogen-bond acceptors (Lipinski definition) is 2. The van der Waals surface area contributed by atoms with Gasteiger partial charge in [-0.3, -0.25) is 4.79 Å². The summed E-state index contributed by atoms with van der Waals surface area (Å²) in [6.07, 6.45) is 0. The number of rotatable bonds is 3. The van der Waals surface area contributed by atoms with E-state index >= 15 is 0 Å². The maximum Gasteiger partial charge on any atom is 0.261 e. The molecule has 0 aliphatic rings. The fraction of sp³-hybridized carbons (Fsp3) is 0.500. The quantitative estimate of drug-likeness (QED) is 0.871. The second-order valence-corrected chi connectivity index (χ2v) is 6.96. The van der Waals surface area contributed by atoms with Crippen molar-refractivity contribution in [2.45, 2.75) is 26.8 Å². The summed E-state index contributed by atoms with van der Waals surface area (Å²) in [6.45, 7) is 6.19. The Hall–Kier alpha value is 0.130. The van der Waals surface area contributed by atoms with Gasteiger partial charge >= 0.3 is 0 Å². The summed E-state index contributed by atoms with van der Waals surface area (Å²) < 4.78 is 1.87. The molecule has 1 aromatic heterocycles. The van der Waals surface area contributed by atoms with Crippen LogP contribution in [0.25, 0.3) is 0 Å². The van der Waals surface area contributed by atoms with Gasteiger partial charge in [0.25, 0.3) is 5.91 Å². The highest BCUT2D eigenvalue weighted by Gasteiger charge is 2.15. The Kier molecular flexibility index (Phi) is 4.80. The molecule has 0 bridgehead atoms. The summed E-state index contributed by atoms with van der Waals surface area (Å²) in [5, 5.41) is 2.97. The number of thiophene rings is 1. The van der Waals surface area contributed by atoms with Crippen LogP contribution in [0.3, 0.4) is 0 Å². The molecule has 0 aliphatic carbocycles. The molecule has 0 saturated carbocycles. The monoisotopic (exact) mass is 353 g/mol. The molecular formula is C10H13Br2NOS. The third-order valence-electron chi connectivity index (χ3n) is 2.23. The zero-order valence-corrected chi connectivity index (χ0v) is 12.8. The molecule has 1 atom stereocenters. The normalized spacial score (nSPS) is 12.9. The summed E-state index contributed by atoms with van der Waals surface area (Å²) >= 11 is 8.17.